The van der Waals surface area contributed by atoms with Crippen molar-refractivity contribution < 1.29 is 38.5 Å². The van der Waals surface area contributed by atoms with E-state index < -0.39 is 35.6 Å². The third-order valence-corrected chi connectivity index (χ3v) is 6.36. The van der Waals surface area contributed by atoms with E-state index in [1.54, 1.807) is 55.4 Å². The molecule has 250 valence electrons. The molecule has 3 aromatic rings. The molecule has 0 aliphatic carbocycles. The van der Waals surface area contributed by atoms with Crippen LogP contribution in [-0.2, 0) is 27.4 Å². The van der Waals surface area contributed by atoms with Crippen LogP contribution in [0.25, 0.3) is 0 Å². The van der Waals surface area contributed by atoms with Gasteiger partial charge in [-0.25, -0.2) is 9.59 Å². The number of ether oxygens (including phenoxy) is 5. The van der Waals surface area contributed by atoms with Gasteiger partial charge in [-0.3, -0.25) is 5.21 Å². The largest absolute Gasteiger partial charge is 0.733 e. The smallest absolute Gasteiger partial charge is 0.509 e. The van der Waals surface area contributed by atoms with Crippen molar-refractivity contribution in [3.63, 3.8) is 0 Å². The van der Waals surface area contributed by atoms with E-state index in [0.717, 1.165) is 11.1 Å². The lowest BCUT2D eigenvalue weighted by molar-refractivity contribution is -0.0401. The van der Waals surface area contributed by atoms with Gasteiger partial charge >= 0.3 is 12.2 Å². The first kappa shape index (κ1) is 36.0. The Balaban J connectivity index is 2.12. The van der Waals surface area contributed by atoms with Crippen molar-refractivity contribution >= 4 is 17.9 Å². The van der Waals surface area contributed by atoms with E-state index in [-0.39, 0.29) is 47.7 Å². The zero-order chi connectivity index (χ0) is 34.1. The summed E-state index contributed by atoms with van der Waals surface area (Å²) in [6, 6.07) is 21.2. The summed E-state index contributed by atoms with van der Waals surface area (Å²) in [5, 5.41) is 22.6. The summed E-state index contributed by atoms with van der Waals surface area (Å²) < 4.78 is 29.1. The molecule has 3 rings (SSSR count). The topological polar surface area (TPSA) is 130 Å². The van der Waals surface area contributed by atoms with Gasteiger partial charge in [-0.05, 0) is 72.6 Å². The van der Waals surface area contributed by atoms with Crippen LogP contribution in [0.2, 0.25) is 0 Å². The third-order valence-electron chi connectivity index (χ3n) is 6.36. The highest BCUT2D eigenvalue weighted by Crippen LogP contribution is 2.40. The Kier molecular flexibility index (Phi) is 12.3. The molecule has 0 spiro atoms. The van der Waals surface area contributed by atoms with Crippen molar-refractivity contribution in [1.29, 1.82) is 0 Å². The monoisotopic (exact) mass is 637 g/mol. The van der Waals surface area contributed by atoms with E-state index in [4.69, 9.17) is 23.7 Å². The lowest BCUT2D eigenvalue weighted by atomic mass is 10.0. The molecule has 0 radical (unpaired) electrons. The van der Waals surface area contributed by atoms with Gasteiger partial charge in [0.15, 0.2) is 17.6 Å². The molecular formula is C35H45N2O9-. The molecule has 0 bridgehead atoms. The van der Waals surface area contributed by atoms with Crippen LogP contribution in [0.15, 0.2) is 72.8 Å². The van der Waals surface area contributed by atoms with Crippen LogP contribution in [0, 0.1) is 5.21 Å². The zero-order valence-electron chi connectivity index (χ0n) is 27.8. The molecule has 0 aliphatic rings. The number of benzene rings is 3. The Morgan fingerprint density at radius 1 is 0.783 bits per heavy atom. The highest BCUT2D eigenvalue weighted by Gasteiger charge is 2.33. The van der Waals surface area contributed by atoms with Crippen LogP contribution in [0.4, 0.5) is 15.3 Å². The molecule has 1 amide bonds. The summed E-state index contributed by atoms with van der Waals surface area (Å²) >= 11 is 0. The number of carbonyl (C=O) groups excluding carboxylic acids is 2. The summed E-state index contributed by atoms with van der Waals surface area (Å²) in [4.78, 5) is 27.6. The average Bonchev–Trinajstić information content (AvgIpc) is 2.95. The van der Waals surface area contributed by atoms with Crippen molar-refractivity contribution in [3.05, 3.63) is 94.7 Å². The molecule has 11 nitrogen and oxygen atoms in total. The predicted molar refractivity (Wildman–Crippen MR) is 174 cm³/mol. The molecule has 0 heterocycles. The van der Waals surface area contributed by atoms with Crippen LogP contribution in [-0.4, -0.2) is 46.1 Å². The Bertz CT molecular complexity index is 1420. The number of carbonyl (C=O) groups is 2. The molecule has 1 unspecified atom stereocenters. The lowest BCUT2D eigenvalue weighted by Gasteiger charge is -2.35. The Morgan fingerprint density at radius 3 is 1.70 bits per heavy atom. The van der Waals surface area contributed by atoms with Crippen LogP contribution >= 0.6 is 0 Å². The fourth-order valence-electron chi connectivity index (χ4n) is 4.27. The molecule has 1 N–H and O–H groups in total. The maximum absolute atomic E-state index is 13.3. The standard InChI is InChI=1S/C35H45N2O9/c1-24(2)36(32(38)45-34(3,4)5)21-31(44-33(39)46-35(6,7)8)27-19-29(42-22-25-15-11-9-12-16-25)30(20-28(27)37(40)41)43-23-26-17-13-10-14-18-26/h9-20,24,31,40H,21-23H2,1-8H3/q-1. The van der Waals surface area contributed by atoms with Crippen molar-refractivity contribution in [2.45, 2.75) is 92.0 Å². The second-order valence-corrected chi connectivity index (χ2v) is 13.0. The van der Waals surface area contributed by atoms with E-state index in [2.05, 4.69) is 0 Å². The van der Waals surface area contributed by atoms with Crippen LogP contribution in [0.1, 0.15) is 78.2 Å². The summed E-state index contributed by atoms with van der Waals surface area (Å²) in [5.74, 6) is 0.379. The molecule has 0 fully saturated rings. The number of rotatable bonds is 12. The quantitative estimate of drug-likeness (QED) is 0.153. The van der Waals surface area contributed by atoms with Gasteiger partial charge in [-0.2, -0.15) is 0 Å². The molecule has 1 atom stereocenters. The summed E-state index contributed by atoms with van der Waals surface area (Å²) in [6.45, 7) is 13.8. The van der Waals surface area contributed by atoms with E-state index >= 15 is 0 Å². The highest BCUT2D eigenvalue weighted by atomic mass is 16.8. The van der Waals surface area contributed by atoms with Crippen LogP contribution in [0.3, 0.4) is 0 Å². The number of hydrogen-bond acceptors (Lipinski definition) is 10. The Hall–Kier alpha value is -4.48. The molecule has 11 heteroatoms. The van der Waals surface area contributed by atoms with Gasteiger partial charge < -0.3 is 39.0 Å². The highest BCUT2D eigenvalue weighted by molar-refractivity contribution is 5.69. The number of amides is 1. The Morgan fingerprint density at radius 2 is 1.26 bits per heavy atom. The maximum atomic E-state index is 13.3. The van der Waals surface area contributed by atoms with Gasteiger partial charge in [-0.15, -0.1) is 0 Å². The zero-order valence-corrected chi connectivity index (χ0v) is 27.8. The number of hydrogen-bond donors (Lipinski definition) is 1. The molecule has 46 heavy (non-hydrogen) atoms. The van der Waals surface area contributed by atoms with Crippen LogP contribution in [0.5, 0.6) is 11.5 Å². The second kappa shape index (κ2) is 15.7. The van der Waals surface area contributed by atoms with Gasteiger partial charge in [-0.1, -0.05) is 60.7 Å². The van der Waals surface area contributed by atoms with Gasteiger partial charge in [0.2, 0.25) is 0 Å². The van der Waals surface area contributed by atoms with Gasteiger partial charge in [0.05, 0.1) is 12.2 Å². The average molecular weight is 638 g/mol. The van der Waals surface area contributed by atoms with Crippen molar-refractivity contribution in [2.24, 2.45) is 0 Å². The third kappa shape index (κ3) is 11.5. The van der Waals surface area contributed by atoms with E-state index in [9.17, 15) is 20.0 Å². The minimum absolute atomic E-state index is 0.0488. The normalized spacial score (nSPS) is 12.2. The van der Waals surface area contributed by atoms with Crippen LogP contribution < -0.4 is 14.7 Å². The molecule has 0 saturated heterocycles. The molecule has 0 aromatic heterocycles. The minimum atomic E-state index is -1.30. The van der Waals surface area contributed by atoms with E-state index in [0.29, 0.717) is 0 Å². The maximum Gasteiger partial charge on any atom is 0.509 e. The van der Waals surface area contributed by atoms with E-state index in [1.165, 1.54) is 17.0 Å². The summed E-state index contributed by atoms with van der Waals surface area (Å²) in [7, 11) is 0. The fourth-order valence-corrected chi connectivity index (χ4v) is 4.27. The summed E-state index contributed by atoms with van der Waals surface area (Å²) in [6.07, 6.45) is -3.00. The fraction of sp³-hybridized carbons (Fsp3) is 0.429. The predicted octanol–water partition coefficient (Wildman–Crippen LogP) is 8.18. The van der Waals surface area contributed by atoms with Gasteiger partial charge in [0, 0.05) is 17.7 Å². The van der Waals surface area contributed by atoms with Crippen molar-refractivity contribution in [2.75, 3.05) is 11.8 Å². The lowest BCUT2D eigenvalue weighted by Crippen LogP contribution is -2.44. The van der Waals surface area contributed by atoms with E-state index in [1.807, 2.05) is 60.7 Å². The molecule has 0 aliphatic heterocycles. The minimum Gasteiger partial charge on any atom is -0.733 e. The second-order valence-electron chi connectivity index (χ2n) is 13.0. The SMILES string of the molecule is CC(C)N(CC(OC(=O)OC(C)(C)C)c1cc(OCc2ccccc2)c(OCc2ccccc2)cc1N([O-])O)C(=O)OC(C)(C)C. The first-order valence-electron chi connectivity index (χ1n) is 15.1. The van der Waals surface area contributed by atoms with Gasteiger partial charge in [0.1, 0.15) is 24.4 Å². The van der Waals surface area contributed by atoms with Crippen molar-refractivity contribution in [3.8, 4) is 11.5 Å². The number of nitrogens with zero attached hydrogens (tertiary/aromatic N) is 2. The van der Waals surface area contributed by atoms with Crippen molar-refractivity contribution in [1.82, 2.24) is 4.90 Å². The summed E-state index contributed by atoms with van der Waals surface area (Å²) in [5.41, 5.74) is -0.199. The Labute approximate surface area is 271 Å². The van der Waals surface area contributed by atoms with Gasteiger partial charge in [0.25, 0.3) is 0 Å². The first-order valence-corrected chi connectivity index (χ1v) is 15.1. The molecular weight excluding hydrogens is 592 g/mol. The molecule has 3 aromatic carbocycles. The molecule has 0 saturated carbocycles. The first-order chi connectivity index (χ1) is 21.5. The number of anilines is 1.